The molecule has 1 heterocycles. The standard InChI is InChI=1S/C15H15NO2/c17-15(16-14-9-18-10-14)8-11-5-6-12-3-1-2-4-13(12)7-11/h1-7,14H,8-10H2,(H,16,17). The molecule has 3 rings (SSSR count). The van der Waals surface area contributed by atoms with Gasteiger partial charge in [-0.25, -0.2) is 0 Å². The highest BCUT2D eigenvalue weighted by Gasteiger charge is 2.20. The minimum Gasteiger partial charge on any atom is -0.377 e. The lowest BCUT2D eigenvalue weighted by atomic mass is 10.0. The third-order valence-corrected chi connectivity index (χ3v) is 3.18. The van der Waals surface area contributed by atoms with Gasteiger partial charge in [-0.15, -0.1) is 0 Å². The summed E-state index contributed by atoms with van der Waals surface area (Å²) >= 11 is 0. The molecular weight excluding hydrogens is 226 g/mol. The van der Waals surface area contributed by atoms with E-state index in [9.17, 15) is 4.79 Å². The van der Waals surface area contributed by atoms with E-state index in [1.165, 1.54) is 10.8 Å². The fraction of sp³-hybridized carbons (Fsp3) is 0.267. The van der Waals surface area contributed by atoms with Crippen LogP contribution in [0.15, 0.2) is 42.5 Å². The van der Waals surface area contributed by atoms with Gasteiger partial charge in [0.1, 0.15) is 0 Å². The maximum absolute atomic E-state index is 11.8. The molecule has 1 amide bonds. The third kappa shape index (κ3) is 2.36. The van der Waals surface area contributed by atoms with E-state index < -0.39 is 0 Å². The van der Waals surface area contributed by atoms with Crippen molar-refractivity contribution >= 4 is 16.7 Å². The van der Waals surface area contributed by atoms with Crippen LogP contribution in [0.3, 0.4) is 0 Å². The molecule has 92 valence electrons. The van der Waals surface area contributed by atoms with Crippen molar-refractivity contribution in [2.24, 2.45) is 0 Å². The molecule has 0 spiro atoms. The van der Waals surface area contributed by atoms with Crippen molar-refractivity contribution in [3.63, 3.8) is 0 Å². The zero-order valence-corrected chi connectivity index (χ0v) is 10.1. The fourth-order valence-electron chi connectivity index (χ4n) is 2.13. The molecule has 0 atom stereocenters. The van der Waals surface area contributed by atoms with Gasteiger partial charge in [0.2, 0.25) is 5.91 Å². The number of ether oxygens (including phenoxy) is 1. The summed E-state index contributed by atoms with van der Waals surface area (Å²) in [6.45, 7) is 1.28. The van der Waals surface area contributed by atoms with Crippen LogP contribution in [0.5, 0.6) is 0 Å². The Hall–Kier alpha value is -1.87. The van der Waals surface area contributed by atoms with Crippen LogP contribution in [0.1, 0.15) is 5.56 Å². The Bertz CT molecular complexity index is 575. The van der Waals surface area contributed by atoms with E-state index >= 15 is 0 Å². The Morgan fingerprint density at radius 2 is 1.94 bits per heavy atom. The molecule has 3 nitrogen and oxygen atoms in total. The van der Waals surface area contributed by atoms with Gasteiger partial charge in [0.25, 0.3) is 0 Å². The number of nitrogens with one attached hydrogen (secondary N) is 1. The van der Waals surface area contributed by atoms with E-state index in [1.807, 2.05) is 18.2 Å². The molecular formula is C15H15NO2. The Morgan fingerprint density at radius 3 is 2.67 bits per heavy atom. The molecule has 1 aliphatic heterocycles. The van der Waals surface area contributed by atoms with E-state index in [1.54, 1.807) is 0 Å². The summed E-state index contributed by atoms with van der Waals surface area (Å²) in [4.78, 5) is 11.8. The van der Waals surface area contributed by atoms with Crippen molar-refractivity contribution in [1.29, 1.82) is 0 Å². The van der Waals surface area contributed by atoms with Crippen molar-refractivity contribution in [3.05, 3.63) is 48.0 Å². The Kier molecular flexibility index (Phi) is 2.99. The largest absolute Gasteiger partial charge is 0.377 e. The molecule has 3 heteroatoms. The zero-order valence-electron chi connectivity index (χ0n) is 10.1. The summed E-state index contributed by atoms with van der Waals surface area (Å²) in [7, 11) is 0. The number of amides is 1. The first kappa shape index (κ1) is 11.2. The minimum atomic E-state index is 0.0681. The van der Waals surface area contributed by atoms with Crippen LogP contribution >= 0.6 is 0 Å². The van der Waals surface area contributed by atoms with Crippen molar-refractivity contribution < 1.29 is 9.53 Å². The summed E-state index contributed by atoms with van der Waals surface area (Å²) in [5.74, 6) is 0.0681. The predicted octanol–water partition coefficient (Wildman–Crippen LogP) is 1.90. The summed E-state index contributed by atoms with van der Waals surface area (Å²) in [5, 5.41) is 5.33. The molecule has 0 aliphatic carbocycles. The Morgan fingerprint density at radius 1 is 1.17 bits per heavy atom. The number of hydrogen-bond donors (Lipinski definition) is 1. The van der Waals surface area contributed by atoms with Crippen LogP contribution in [0.2, 0.25) is 0 Å². The van der Waals surface area contributed by atoms with Gasteiger partial charge in [0.05, 0.1) is 25.7 Å². The molecule has 2 aromatic carbocycles. The summed E-state index contributed by atoms with van der Waals surface area (Å²) in [5.41, 5.74) is 1.05. The number of carbonyl (C=O) groups excluding carboxylic acids is 1. The van der Waals surface area contributed by atoms with Crippen LogP contribution in [-0.4, -0.2) is 25.2 Å². The Balaban J connectivity index is 1.71. The quantitative estimate of drug-likeness (QED) is 0.891. The van der Waals surface area contributed by atoms with Crippen LogP contribution in [0.4, 0.5) is 0 Å². The molecule has 1 fully saturated rings. The van der Waals surface area contributed by atoms with Gasteiger partial charge in [-0.2, -0.15) is 0 Å². The van der Waals surface area contributed by atoms with Crippen LogP contribution in [0.25, 0.3) is 10.8 Å². The van der Waals surface area contributed by atoms with Crippen LogP contribution < -0.4 is 5.32 Å². The normalized spacial score (nSPS) is 15.3. The SMILES string of the molecule is O=C(Cc1ccc2ccccc2c1)NC1COC1. The average Bonchev–Trinajstić information content (AvgIpc) is 2.34. The maximum atomic E-state index is 11.8. The first-order valence-corrected chi connectivity index (χ1v) is 6.16. The Labute approximate surface area is 106 Å². The van der Waals surface area contributed by atoms with Gasteiger partial charge in [-0.1, -0.05) is 42.5 Å². The topological polar surface area (TPSA) is 38.3 Å². The summed E-state index contributed by atoms with van der Waals surface area (Å²) < 4.78 is 5.03. The van der Waals surface area contributed by atoms with Gasteiger partial charge >= 0.3 is 0 Å². The number of benzene rings is 2. The molecule has 0 unspecified atom stereocenters. The van der Waals surface area contributed by atoms with Crippen LogP contribution in [0, 0.1) is 0 Å². The van der Waals surface area contributed by atoms with E-state index in [0.29, 0.717) is 19.6 Å². The number of hydrogen-bond acceptors (Lipinski definition) is 2. The molecule has 0 saturated carbocycles. The number of rotatable bonds is 3. The highest BCUT2D eigenvalue weighted by atomic mass is 16.5. The smallest absolute Gasteiger partial charge is 0.224 e. The second-order valence-corrected chi connectivity index (χ2v) is 4.66. The van der Waals surface area contributed by atoms with Crippen molar-refractivity contribution in [1.82, 2.24) is 5.32 Å². The fourth-order valence-corrected chi connectivity index (χ4v) is 2.13. The van der Waals surface area contributed by atoms with E-state index in [2.05, 4.69) is 29.6 Å². The highest BCUT2D eigenvalue weighted by Crippen LogP contribution is 2.16. The lowest BCUT2D eigenvalue weighted by Gasteiger charge is -2.26. The monoisotopic (exact) mass is 241 g/mol. The first-order chi connectivity index (χ1) is 8.81. The molecule has 0 radical (unpaired) electrons. The predicted molar refractivity (Wildman–Crippen MR) is 70.4 cm³/mol. The molecule has 18 heavy (non-hydrogen) atoms. The van der Waals surface area contributed by atoms with Gasteiger partial charge in [0.15, 0.2) is 0 Å². The van der Waals surface area contributed by atoms with Crippen molar-refractivity contribution in [2.45, 2.75) is 12.5 Å². The molecule has 0 aromatic heterocycles. The van der Waals surface area contributed by atoms with Gasteiger partial charge in [0, 0.05) is 0 Å². The molecule has 2 aromatic rings. The van der Waals surface area contributed by atoms with Crippen LogP contribution in [-0.2, 0) is 16.0 Å². The van der Waals surface area contributed by atoms with Crippen molar-refractivity contribution in [3.8, 4) is 0 Å². The van der Waals surface area contributed by atoms with E-state index in [-0.39, 0.29) is 11.9 Å². The van der Waals surface area contributed by atoms with Gasteiger partial charge in [-0.05, 0) is 16.3 Å². The maximum Gasteiger partial charge on any atom is 0.224 e. The van der Waals surface area contributed by atoms with E-state index in [4.69, 9.17) is 4.74 Å². The number of carbonyl (C=O) groups is 1. The van der Waals surface area contributed by atoms with Gasteiger partial charge < -0.3 is 10.1 Å². The first-order valence-electron chi connectivity index (χ1n) is 6.16. The molecule has 1 N–H and O–H groups in total. The zero-order chi connectivity index (χ0) is 12.4. The third-order valence-electron chi connectivity index (χ3n) is 3.18. The van der Waals surface area contributed by atoms with Crippen molar-refractivity contribution in [2.75, 3.05) is 13.2 Å². The number of fused-ring (bicyclic) bond motifs is 1. The molecule has 1 saturated heterocycles. The lowest BCUT2D eigenvalue weighted by molar-refractivity contribution is -0.124. The summed E-state index contributed by atoms with van der Waals surface area (Å²) in [6, 6.07) is 14.5. The minimum absolute atomic E-state index is 0.0681. The lowest BCUT2D eigenvalue weighted by Crippen LogP contribution is -2.49. The summed E-state index contributed by atoms with van der Waals surface area (Å²) in [6.07, 6.45) is 0.432. The second-order valence-electron chi connectivity index (χ2n) is 4.66. The average molecular weight is 241 g/mol. The van der Waals surface area contributed by atoms with Gasteiger partial charge in [-0.3, -0.25) is 4.79 Å². The molecule has 0 bridgehead atoms. The second kappa shape index (κ2) is 4.78. The van der Waals surface area contributed by atoms with E-state index in [0.717, 1.165) is 5.56 Å². The highest BCUT2D eigenvalue weighted by molar-refractivity contribution is 5.85. The molecule has 1 aliphatic rings.